The van der Waals surface area contributed by atoms with E-state index in [0.29, 0.717) is 12.8 Å². The van der Waals surface area contributed by atoms with Gasteiger partial charge < -0.3 is 9.84 Å². The number of aliphatic carboxylic acids is 1. The van der Waals surface area contributed by atoms with Gasteiger partial charge in [-0.3, -0.25) is 9.59 Å². The molecule has 0 spiro atoms. The molecule has 40 heavy (non-hydrogen) atoms. The van der Waals surface area contributed by atoms with Crippen LogP contribution in [0.15, 0.2) is 48.6 Å². The molecule has 0 aliphatic carbocycles. The maximum absolute atomic E-state index is 12.5. The minimum atomic E-state index is -0.733. The number of carboxylic acids is 1. The number of carboxylic acid groups (broad SMARTS) is 1. The van der Waals surface area contributed by atoms with Crippen molar-refractivity contribution in [1.82, 2.24) is 0 Å². The van der Waals surface area contributed by atoms with E-state index in [-0.39, 0.29) is 18.5 Å². The molecule has 1 N–H and O–H groups in total. The van der Waals surface area contributed by atoms with Crippen molar-refractivity contribution >= 4 is 11.9 Å². The highest BCUT2D eigenvalue weighted by molar-refractivity contribution is 5.69. The summed E-state index contributed by atoms with van der Waals surface area (Å²) >= 11 is 0. The Labute approximate surface area is 247 Å². The first kappa shape index (κ1) is 37.9. The quantitative estimate of drug-likeness (QED) is 0.0563. The van der Waals surface area contributed by atoms with Crippen molar-refractivity contribution in [3.8, 4) is 0 Å². The van der Waals surface area contributed by atoms with Gasteiger partial charge in [0.1, 0.15) is 6.10 Å². The second kappa shape index (κ2) is 31.4. The summed E-state index contributed by atoms with van der Waals surface area (Å²) in [5.41, 5.74) is 0. The number of hydrogen-bond acceptors (Lipinski definition) is 3. The third-order valence-corrected chi connectivity index (χ3v) is 7.07. The Morgan fingerprint density at radius 3 is 1.60 bits per heavy atom. The summed E-state index contributed by atoms with van der Waals surface area (Å²) in [4.78, 5) is 23.2. The first-order valence-electron chi connectivity index (χ1n) is 16.6. The van der Waals surface area contributed by atoms with Crippen LogP contribution in [0, 0.1) is 0 Å². The van der Waals surface area contributed by atoms with E-state index in [1.54, 1.807) is 0 Å². The van der Waals surface area contributed by atoms with Crippen LogP contribution in [0.1, 0.15) is 162 Å². The summed E-state index contributed by atoms with van der Waals surface area (Å²) in [5.74, 6) is -0.806. The summed E-state index contributed by atoms with van der Waals surface area (Å²) in [6.07, 6.45) is 41.1. The van der Waals surface area contributed by atoms with Gasteiger partial charge in [0, 0.05) is 12.8 Å². The molecule has 0 aromatic carbocycles. The maximum atomic E-state index is 12.5. The van der Waals surface area contributed by atoms with Crippen LogP contribution in [0.4, 0.5) is 0 Å². The van der Waals surface area contributed by atoms with E-state index < -0.39 is 5.97 Å². The maximum Gasteiger partial charge on any atom is 0.306 e. The van der Waals surface area contributed by atoms with E-state index in [1.807, 2.05) is 0 Å². The molecule has 0 amide bonds. The van der Waals surface area contributed by atoms with Gasteiger partial charge in [-0.2, -0.15) is 0 Å². The van der Waals surface area contributed by atoms with Crippen LogP contribution in [0.2, 0.25) is 0 Å². The minimum absolute atomic E-state index is 0.0174. The van der Waals surface area contributed by atoms with Gasteiger partial charge in [-0.05, 0) is 77.0 Å². The number of ether oxygens (including phenoxy) is 1. The lowest BCUT2D eigenvalue weighted by molar-refractivity contribution is -0.150. The first-order chi connectivity index (χ1) is 19.6. The Balaban J connectivity index is 4.08. The third kappa shape index (κ3) is 30.4. The Bertz CT molecular complexity index is 689. The van der Waals surface area contributed by atoms with Crippen molar-refractivity contribution in [1.29, 1.82) is 0 Å². The van der Waals surface area contributed by atoms with Gasteiger partial charge in [-0.1, -0.05) is 120 Å². The van der Waals surface area contributed by atoms with Gasteiger partial charge in [0.25, 0.3) is 0 Å². The lowest BCUT2D eigenvalue weighted by Crippen LogP contribution is -2.18. The second-order valence-electron chi connectivity index (χ2n) is 11.0. The predicted molar refractivity (Wildman–Crippen MR) is 172 cm³/mol. The van der Waals surface area contributed by atoms with E-state index >= 15 is 0 Å². The fourth-order valence-corrected chi connectivity index (χ4v) is 4.64. The molecule has 0 saturated heterocycles. The average Bonchev–Trinajstić information content (AvgIpc) is 2.93. The molecule has 0 aromatic heterocycles. The number of esters is 1. The summed E-state index contributed by atoms with van der Waals surface area (Å²) in [5, 5.41) is 8.84. The van der Waals surface area contributed by atoms with Crippen LogP contribution in [0.25, 0.3) is 0 Å². The van der Waals surface area contributed by atoms with Crippen molar-refractivity contribution in [2.75, 3.05) is 0 Å². The number of carbonyl (C=O) groups excluding carboxylic acids is 1. The highest BCUT2D eigenvalue weighted by atomic mass is 16.5. The molecule has 0 saturated carbocycles. The van der Waals surface area contributed by atoms with Crippen molar-refractivity contribution in [3.05, 3.63) is 48.6 Å². The molecule has 4 heteroatoms. The van der Waals surface area contributed by atoms with E-state index in [2.05, 4.69) is 62.5 Å². The number of carbonyl (C=O) groups is 2. The Morgan fingerprint density at radius 1 is 0.575 bits per heavy atom. The molecule has 4 nitrogen and oxygen atoms in total. The monoisotopic (exact) mass is 558 g/mol. The number of rotatable bonds is 29. The molecule has 0 aliphatic heterocycles. The van der Waals surface area contributed by atoms with E-state index in [9.17, 15) is 9.59 Å². The average molecular weight is 559 g/mol. The number of hydrogen-bond donors (Lipinski definition) is 1. The van der Waals surface area contributed by atoms with Crippen LogP contribution >= 0.6 is 0 Å². The van der Waals surface area contributed by atoms with Crippen molar-refractivity contribution in [3.63, 3.8) is 0 Å². The molecular formula is C36H62O4. The van der Waals surface area contributed by atoms with Crippen LogP contribution < -0.4 is 0 Å². The molecule has 0 bridgehead atoms. The number of allylic oxidation sites excluding steroid dienone is 8. The molecule has 0 heterocycles. The van der Waals surface area contributed by atoms with Crippen LogP contribution in [-0.4, -0.2) is 23.1 Å². The smallest absolute Gasteiger partial charge is 0.306 e. The highest BCUT2D eigenvalue weighted by Crippen LogP contribution is 2.18. The minimum Gasteiger partial charge on any atom is -0.481 e. The molecule has 1 unspecified atom stereocenters. The molecular weight excluding hydrogens is 496 g/mol. The van der Waals surface area contributed by atoms with Gasteiger partial charge >= 0.3 is 11.9 Å². The van der Waals surface area contributed by atoms with E-state index in [1.165, 1.54) is 51.4 Å². The SMILES string of the molecule is CC/C=C\C/C=C\C/C=C\C/C=C\CCCCC(=O)OC(CCCCCCCCCCC)CCCCCC(=O)O. The van der Waals surface area contributed by atoms with Gasteiger partial charge in [0.15, 0.2) is 0 Å². The van der Waals surface area contributed by atoms with Gasteiger partial charge in [-0.25, -0.2) is 0 Å². The lowest BCUT2D eigenvalue weighted by Gasteiger charge is -2.18. The van der Waals surface area contributed by atoms with Crippen LogP contribution in [0.3, 0.4) is 0 Å². The van der Waals surface area contributed by atoms with Crippen LogP contribution in [-0.2, 0) is 14.3 Å². The predicted octanol–water partition coefficient (Wildman–Crippen LogP) is 11.2. The van der Waals surface area contributed by atoms with Crippen molar-refractivity contribution in [2.24, 2.45) is 0 Å². The number of unbranched alkanes of at least 4 members (excludes halogenated alkanes) is 12. The zero-order valence-electron chi connectivity index (χ0n) is 26.1. The first-order valence-corrected chi connectivity index (χ1v) is 16.6. The standard InChI is InChI=1S/C36H62O4/c1-3-5-7-9-11-13-14-15-16-17-18-20-22-24-29-33-36(39)40-34(31-27-25-28-32-35(37)38)30-26-23-21-19-12-10-8-6-4-2/h5,7,11,13,15-16,18,20,34H,3-4,6,8-10,12,14,17,19,21-33H2,1-2H3,(H,37,38)/b7-5-,13-11-,16-15-,20-18-. The van der Waals surface area contributed by atoms with Gasteiger partial charge in [0.05, 0.1) is 0 Å². The zero-order chi connectivity index (χ0) is 29.4. The van der Waals surface area contributed by atoms with E-state index in [0.717, 1.165) is 77.0 Å². The fraction of sp³-hybridized carbons (Fsp3) is 0.722. The topological polar surface area (TPSA) is 63.6 Å². The Kier molecular flexibility index (Phi) is 29.8. The molecule has 0 aliphatic rings. The molecule has 230 valence electrons. The molecule has 0 fully saturated rings. The zero-order valence-corrected chi connectivity index (χ0v) is 26.1. The summed E-state index contributed by atoms with van der Waals surface area (Å²) in [6.45, 7) is 4.40. The highest BCUT2D eigenvalue weighted by Gasteiger charge is 2.14. The summed E-state index contributed by atoms with van der Waals surface area (Å²) in [6, 6.07) is 0. The van der Waals surface area contributed by atoms with Crippen molar-refractivity contribution < 1.29 is 19.4 Å². The lowest BCUT2D eigenvalue weighted by atomic mass is 10.0. The Morgan fingerprint density at radius 2 is 1.05 bits per heavy atom. The van der Waals surface area contributed by atoms with Crippen molar-refractivity contribution in [2.45, 2.75) is 168 Å². The normalized spacial score (nSPS) is 12.8. The second-order valence-corrected chi connectivity index (χ2v) is 11.0. The van der Waals surface area contributed by atoms with Gasteiger partial charge in [0.2, 0.25) is 0 Å². The summed E-state index contributed by atoms with van der Waals surface area (Å²) < 4.78 is 5.88. The third-order valence-electron chi connectivity index (χ3n) is 7.07. The molecule has 0 radical (unpaired) electrons. The summed E-state index contributed by atoms with van der Waals surface area (Å²) in [7, 11) is 0. The Hall–Kier alpha value is -2.10. The fourth-order valence-electron chi connectivity index (χ4n) is 4.64. The van der Waals surface area contributed by atoms with E-state index in [4.69, 9.17) is 9.84 Å². The van der Waals surface area contributed by atoms with Crippen LogP contribution in [0.5, 0.6) is 0 Å². The molecule has 1 atom stereocenters. The van der Waals surface area contributed by atoms with Gasteiger partial charge in [-0.15, -0.1) is 0 Å². The molecule has 0 aromatic rings. The molecule has 0 rings (SSSR count). The largest absolute Gasteiger partial charge is 0.481 e.